The second kappa shape index (κ2) is 8.18. The number of amides is 1. The molecule has 0 aliphatic rings. The van der Waals surface area contributed by atoms with Gasteiger partial charge < -0.3 is 5.32 Å². The first-order valence-electron chi connectivity index (χ1n) is 8.23. The van der Waals surface area contributed by atoms with Crippen LogP contribution in [-0.4, -0.2) is 14.3 Å². The zero-order valence-corrected chi connectivity index (χ0v) is 15.3. The first-order chi connectivity index (χ1) is 13.3. The van der Waals surface area contributed by atoms with Gasteiger partial charge >= 0.3 is 0 Å². The van der Waals surface area contributed by atoms with E-state index in [-0.39, 0.29) is 22.7 Å². The maximum Gasteiger partial charge on any atom is 0.255 e. The number of carbonyl (C=O) groups excluding carboxylic acids is 1. The minimum atomic E-state index is -3.69. The Bertz CT molecular complexity index is 1100. The molecule has 0 aromatic heterocycles. The predicted molar refractivity (Wildman–Crippen MR) is 103 cm³/mol. The van der Waals surface area contributed by atoms with Crippen LogP contribution in [0.4, 0.5) is 20.2 Å². The summed E-state index contributed by atoms with van der Waals surface area (Å²) < 4.78 is 54.0. The Morgan fingerprint density at radius 1 is 0.893 bits per heavy atom. The summed E-state index contributed by atoms with van der Waals surface area (Å²) in [7, 11) is -3.69. The molecule has 0 aliphatic carbocycles. The molecule has 1 amide bonds. The van der Waals surface area contributed by atoms with Crippen LogP contribution in [0.1, 0.15) is 15.9 Å². The highest BCUT2D eigenvalue weighted by Gasteiger charge is 2.14. The summed E-state index contributed by atoms with van der Waals surface area (Å²) in [5.41, 5.74) is 0.581. The molecule has 2 N–H and O–H groups in total. The molecule has 28 heavy (non-hydrogen) atoms. The molecule has 0 atom stereocenters. The van der Waals surface area contributed by atoms with Gasteiger partial charge in [0.2, 0.25) is 10.0 Å². The van der Waals surface area contributed by atoms with Gasteiger partial charge in [-0.05, 0) is 35.9 Å². The van der Waals surface area contributed by atoms with E-state index in [1.165, 1.54) is 24.3 Å². The maximum atomic E-state index is 13.7. The number of nitrogens with one attached hydrogen (secondary N) is 2. The summed E-state index contributed by atoms with van der Waals surface area (Å²) in [4.78, 5) is 12.3. The molecule has 0 saturated carbocycles. The molecule has 0 heterocycles. The Hall–Kier alpha value is -3.26. The summed E-state index contributed by atoms with van der Waals surface area (Å²) in [6, 6.07) is 17.1. The average Bonchev–Trinajstić information content (AvgIpc) is 2.65. The molecule has 0 spiro atoms. The fraction of sp³-hybridized carbons (Fsp3) is 0.0500. The van der Waals surface area contributed by atoms with Gasteiger partial charge in [-0.15, -0.1) is 0 Å². The summed E-state index contributed by atoms with van der Waals surface area (Å²) in [6.45, 7) is 0. The van der Waals surface area contributed by atoms with E-state index >= 15 is 0 Å². The summed E-state index contributed by atoms with van der Waals surface area (Å²) in [5.74, 6) is -2.40. The van der Waals surface area contributed by atoms with E-state index < -0.39 is 27.6 Å². The highest BCUT2D eigenvalue weighted by molar-refractivity contribution is 7.91. The Kier molecular flexibility index (Phi) is 5.70. The van der Waals surface area contributed by atoms with Gasteiger partial charge in [0.25, 0.3) is 5.91 Å². The molecule has 0 unspecified atom stereocenters. The number of anilines is 2. The third-order valence-corrected chi connectivity index (χ3v) is 5.03. The Morgan fingerprint density at radius 2 is 1.64 bits per heavy atom. The standard InChI is InChI=1S/C20H16F2N2O3S/c21-16-9-10-18(22)19(12-16)23-20(25)15-7-4-8-17(11-15)24-28(26,27)13-14-5-2-1-3-6-14/h1-12,24H,13H2,(H,23,25). The molecular weight excluding hydrogens is 386 g/mol. The fourth-order valence-electron chi connectivity index (χ4n) is 2.52. The smallest absolute Gasteiger partial charge is 0.255 e. The fourth-order valence-corrected chi connectivity index (χ4v) is 3.71. The van der Waals surface area contributed by atoms with Crippen LogP contribution in [0.5, 0.6) is 0 Å². The van der Waals surface area contributed by atoms with Crippen molar-refractivity contribution in [3.63, 3.8) is 0 Å². The number of halogens is 2. The topological polar surface area (TPSA) is 75.3 Å². The lowest BCUT2D eigenvalue weighted by Gasteiger charge is -2.10. The molecule has 3 rings (SSSR count). The van der Waals surface area contributed by atoms with Crippen LogP contribution in [0, 0.1) is 11.6 Å². The molecule has 3 aromatic carbocycles. The third kappa shape index (κ3) is 5.14. The van der Waals surface area contributed by atoms with Gasteiger partial charge in [0.1, 0.15) is 11.6 Å². The van der Waals surface area contributed by atoms with Crippen LogP contribution >= 0.6 is 0 Å². The summed E-state index contributed by atoms with van der Waals surface area (Å²) >= 11 is 0. The Labute approximate surface area is 161 Å². The molecule has 0 aliphatic heterocycles. The minimum absolute atomic E-state index is 0.0866. The predicted octanol–water partition coefficient (Wildman–Crippen LogP) is 4.16. The van der Waals surface area contributed by atoms with Crippen LogP contribution in [0.3, 0.4) is 0 Å². The lowest BCUT2D eigenvalue weighted by Crippen LogP contribution is -2.16. The van der Waals surface area contributed by atoms with E-state index in [2.05, 4.69) is 10.0 Å². The Balaban J connectivity index is 1.74. The van der Waals surface area contributed by atoms with Crippen molar-refractivity contribution in [2.45, 2.75) is 5.75 Å². The monoisotopic (exact) mass is 402 g/mol. The van der Waals surface area contributed by atoms with Crippen LogP contribution in [-0.2, 0) is 15.8 Å². The number of hydrogen-bond acceptors (Lipinski definition) is 3. The van der Waals surface area contributed by atoms with Crippen LogP contribution in [0.25, 0.3) is 0 Å². The summed E-state index contributed by atoms with van der Waals surface area (Å²) in [5, 5.41) is 2.27. The zero-order chi connectivity index (χ0) is 20.1. The molecular formula is C20H16F2N2O3S. The minimum Gasteiger partial charge on any atom is -0.319 e. The van der Waals surface area contributed by atoms with Gasteiger partial charge in [-0.25, -0.2) is 17.2 Å². The molecule has 144 valence electrons. The molecule has 0 saturated heterocycles. The largest absolute Gasteiger partial charge is 0.319 e. The normalized spacial score (nSPS) is 11.1. The van der Waals surface area contributed by atoms with E-state index in [1.807, 2.05) is 0 Å². The maximum absolute atomic E-state index is 13.7. The molecule has 8 heteroatoms. The van der Waals surface area contributed by atoms with E-state index in [0.29, 0.717) is 5.56 Å². The number of rotatable bonds is 6. The van der Waals surface area contributed by atoms with Crippen LogP contribution in [0.2, 0.25) is 0 Å². The van der Waals surface area contributed by atoms with Crippen LogP contribution in [0.15, 0.2) is 72.8 Å². The van der Waals surface area contributed by atoms with Gasteiger partial charge in [0.15, 0.2) is 0 Å². The van der Waals surface area contributed by atoms with E-state index in [4.69, 9.17) is 0 Å². The average molecular weight is 402 g/mol. The molecule has 0 radical (unpaired) electrons. The van der Waals surface area contributed by atoms with E-state index in [9.17, 15) is 22.0 Å². The third-order valence-electron chi connectivity index (χ3n) is 3.77. The van der Waals surface area contributed by atoms with Crippen molar-refractivity contribution in [3.05, 3.63) is 95.6 Å². The first kappa shape index (κ1) is 19.5. The van der Waals surface area contributed by atoms with Crippen molar-refractivity contribution in [1.29, 1.82) is 0 Å². The van der Waals surface area contributed by atoms with Gasteiger partial charge in [-0.1, -0.05) is 36.4 Å². The second-order valence-electron chi connectivity index (χ2n) is 6.01. The number of hydrogen-bond donors (Lipinski definition) is 2. The zero-order valence-electron chi connectivity index (χ0n) is 14.5. The van der Waals surface area contributed by atoms with Crippen molar-refractivity contribution in [2.24, 2.45) is 0 Å². The summed E-state index contributed by atoms with van der Waals surface area (Å²) in [6.07, 6.45) is 0. The van der Waals surface area contributed by atoms with Gasteiger partial charge in [-0.2, -0.15) is 0 Å². The molecule has 5 nitrogen and oxygen atoms in total. The van der Waals surface area contributed by atoms with Gasteiger partial charge in [0.05, 0.1) is 11.4 Å². The highest BCUT2D eigenvalue weighted by Crippen LogP contribution is 2.19. The van der Waals surface area contributed by atoms with Crippen molar-refractivity contribution in [3.8, 4) is 0 Å². The Morgan fingerprint density at radius 3 is 2.39 bits per heavy atom. The number of benzene rings is 3. The van der Waals surface area contributed by atoms with Crippen LogP contribution < -0.4 is 10.0 Å². The SMILES string of the molecule is O=C(Nc1cc(F)ccc1F)c1cccc(NS(=O)(=O)Cc2ccccc2)c1. The lowest BCUT2D eigenvalue weighted by atomic mass is 10.2. The quantitative estimate of drug-likeness (QED) is 0.650. The van der Waals surface area contributed by atoms with Crippen molar-refractivity contribution in [2.75, 3.05) is 10.0 Å². The van der Waals surface area contributed by atoms with Gasteiger partial charge in [-0.3, -0.25) is 9.52 Å². The molecule has 0 bridgehead atoms. The van der Waals surface area contributed by atoms with Gasteiger partial charge in [0, 0.05) is 17.3 Å². The second-order valence-corrected chi connectivity index (χ2v) is 7.73. The highest BCUT2D eigenvalue weighted by atomic mass is 32.2. The van der Waals surface area contributed by atoms with E-state index in [1.54, 1.807) is 30.3 Å². The van der Waals surface area contributed by atoms with Crippen molar-refractivity contribution in [1.82, 2.24) is 0 Å². The molecule has 3 aromatic rings. The number of carbonyl (C=O) groups is 1. The van der Waals surface area contributed by atoms with Crippen molar-refractivity contribution < 1.29 is 22.0 Å². The number of sulfonamides is 1. The first-order valence-corrected chi connectivity index (χ1v) is 9.88. The van der Waals surface area contributed by atoms with Crippen molar-refractivity contribution >= 4 is 27.3 Å². The molecule has 0 fully saturated rings. The lowest BCUT2D eigenvalue weighted by molar-refractivity contribution is 0.102. The van der Waals surface area contributed by atoms with E-state index in [0.717, 1.165) is 18.2 Å².